The summed E-state index contributed by atoms with van der Waals surface area (Å²) in [6.07, 6.45) is 6.81. The average Bonchev–Trinajstić information content (AvgIpc) is 3.28. The number of fused-ring (bicyclic) bond motifs is 1. The highest BCUT2D eigenvalue weighted by Gasteiger charge is 2.24. The van der Waals surface area contributed by atoms with Crippen LogP contribution in [0.5, 0.6) is 0 Å². The SMILES string of the molecule is O=C(Cc1ccc(CO)cc1)N1CCC[C@@H](Nc2ccnc(-c3cnc4ccc(F)cn34)n2)C1. The molecule has 0 radical (unpaired) electrons. The number of likely N-dealkylation sites (tertiary alicyclic amines) is 1. The normalized spacial score (nSPS) is 16.1. The van der Waals surface area contributed by atoms with Gasteiger partial charge < -0.3 is 15.3 Å². The van der Waals surface area contributed by atoms with E-state index in [0.717, 1.165) is 30.5 Å². The van der Waals surface area contributed by atoms with Crippen LogP contribution in [0.4, 0.5) is 10.2 Å². The van der Waals surface area contributed by atoms with Gasteiger partial charge in [-0.15, -0.1) is 0 Å². The molecule has 5 rings (SSSR count). The van der Waals surface area contributed by atoms with Crippen molar-refractivity contribution in [1.29, 1.82) is 0 Å². The second-order valence-electron chi connectivity index (χ2n) is 8.46. The summed E-state index contributed by atoms with van der Waals surface area (Å²) in [5.74, 6) is 0.810. The zero-order valence-corrected chi connectivity index (χ0v) is 18.6. The highest BCUT2D eigenvalue weighted by molar-refractivity contribution is 5.79. The zero-order chi connectivity index (χ0) is 23.5. The van der Waals surface area contributed by atoms with Crippen molar-refractivity contribution in [3.8, 4) is 11.5 Å². The molecule has 0 aliphatic carbocycles. The van der Waals surface area contributed by atoms with Crippen LogP contribution in [0.25, 0.3) is 17.2 Å². The minimum Gasteiger partial charge on any atom is -0.392 e. The number of carbonyl (C=O) groups excluding carboxylic acids is 1. The van der Waals surface area contributed by atoms with Gasteiger partial charge in [-0.1, -0.05) is 24.3 Å². The van der Waals surface area contributed by atoms with Crippen LogP contribution < -0.4 is 5.32 Å². The maximum absolute atomic E-state index is 13.7. The molecule has 1 aliphatic heterocycles. The Balaban J connectivity index is 1.26. The van der Waals surface area contributed by atoms with E-state index in [1.807, 2.05) is 29.2 Å². The van der Waals surface area contributed by atoms with Gasteiger partial charge >= 0.3 is 0 Å². The number of imidazole rings is 1. The molecule has 0 saturated carbocycles. The Bertz CT molecular complexity index is 1310. The van der Waals surface area contributed by atoms with Crippen molar-refractivity contribution in [3.63, 3.8) is 0 Å². The zero-order valence-electron chi connectivity index (χ0n) is 18.6. The van der Waals surface area contributed by atoms with E-state index >= 15 is 0 Å². The molecule has 1 aromatic carbocycles. The van der Waals surface area contributed by atoms with Crippen LogP contribution in [0.2, 0.25) is 0 Å². The Labute approximate surface area is 196 Å². The second kappa shape index (κ2) is 9.56. The van der Waals surface area contributed by atoms with Crippen LogP contribution in [0.1, 0.15) is 24.0 Å². The predicted molar refractivity (Wildman–Crippen MR) is 125 cm³/mol. The molecule has 0 unspecified atom stereocenters. The molecule has 2 N–H and O–H groups in total. The molecule has 1 amide bonds. The van der Waals surface area contributed by atoms with Gasteiger partial charge in [0.05, 0.1) is 19.2 Å². The fraction of sp³-hybridized carbons (Fsp3) is 0.280. The van der Waals surface area contributed by atoms with Crippen LogP contribution in [0.3, 0.4) is 0 Å². The molecular formula is C25H25FN6O2. The van der Waals surface area contributed by atoms with Crippen LogP contribution in [-0.4, -0.2) is 54.4 Å². The fourth-order valence-corrected chi connectivity index (χ4v) is 4.26. The number of nitrogens with one attached hydrogen (secondary N) is 1. The number of hydrogen-bond acceptors (Lipinski definition) is 6. The average molecular weight is 461 g/mol. The third kappa shape index (κ3) is 4.74. The first-order valence-electron chi connectivity index (χ1n) is 11.3. The fourth-order valence-electron chi connectivity index (χ4n) is 4.26. The molecule has 0 spiro atoms. The van der Waals surface area contributed by atoms with Gasteiger partial charge in [0.25, 0.3) is 0 Å². The number of rotatable bonds is 6. The molecule has 1 atom stereocenters. The first-order chi connectivity index (χ1) is 16.6. The highest BCUT2D eigenvalue weighted by Crippen LogP contribution is 2.21. The molecule has 1 fully saturated rings. The molecule has 174 valence electrons. The molecule has 4 aromatic rings. The lowest BCUT2D eigenvalue weighted by Gasteiger charge is -2.33. The van der Waals surface area contributed by atoms with E-state index < -0.39 is 0 Å². The molecule has 0 bridgehead atoms. The van der Waals surface area contributed by atoms with Crippen LogP contribution >= 0.6 is 0 Å². The Morgan fingerprint density at radius 1 is 1.12 bits per heavy atom. The molecule has 9 heteroatoms. The maximum atomic E-state index is 13.7. The topological polar surface area (TPSA) is 95.7 Å². The number of halogens is 1. The molecule has 34 heavy (non-hydrogen) atoms. The van der Waals surface area contributed by atoms with E-state index in [-0.39, 0.29) is 24.4 Å². The van der Waals surface area contributed by atoms with Crippen molar-refractivity contribution in [2.24, 2.45) is 0 Å². The number of aliphatic hydroxyl groups is 1. The molecule has 8 nitrogen and oxygen atoms in total. The molecular weight excluding hydrogens is 435 g/mol. The number of pyridine rings is 1. The second-order valence-corrected chi connectivity index (χ2v) is 8.46. The van der Waals surface area contributed by atoms with Crippen molar-refractivity contribution in [2.45, 2.75) is 31.9 Å². The van der Waals surface area contributed by atoms with E-state index in [4.69, 9.17) is 0 Å². The van der Waals surface area contributed by atoms with Gasteiger partial charge in [0, 0.05) is 31.5 Å². The van der Waals surface area contributed by atoms with Crippen LogP contribution in [0.15, 0.2) is 61.1 Å². The smallest absolute Gasteiger partial charge is 0.227 e. The van der Waals surface area contributed by atoms with Gasteiger partial charge in [0.2, 0.25) is 5.91 Å². The van der Waals surface area contributed by atoms with E-state index in [1.165, 1.54) is 12.3 Å². The lowest BCUT2D eigenvalue weighted by atomic mass is 10.0. The number of anilines is 1. The quantitative estimate of drug-likeness (QED) is 0.459. The number of nitrogens with zero attached hydrogens (tertiary/aromatic N) is 5. The number of aliphatic hydroxyl groups excluding tert-OH is 1. The van der Waals surface area contributed by atoms with Gasteiger partial charge in [-0.25, -0.2) is 19.3 Å². The molecule has 3 aromatic heterocycles. The lowest BCUT2D eigenvalue weighted by molar-refractivity contribution is -0.131. The van der Waals surface area contributed by atoms with Gasteiger partial charge in [0.1, 0.15) is 23.0 Å². The first kappa shape index (κ1) is 22.0. The Morgan fingerprint density at radius 2 is 1.94 bits per heavy atom. The highest BCUT2D eigenvalue weighted by atomic mass is 19.1. The molecule has 4 heterocycles. The number of piperidine rings is 1. The monoisotopic (exact) mass is 460 g/mol. The van der Waals surface area contributed by atoms with Gasteiger partial charge in [-0.05, 0) is 42.2 Å². The van der Waals surface area contributed by atoms with E-state index in [9.17, 15) is 14.3 Å². The van der Waals surface area contributed by atoms with E-state index in [2.05, 4.69) is 20.3 Å². The minimum absolute atomic E-state index is 0.00735. The number of hydrogen-bond donors (Lipinski definition) is 2. The van der Waals surface area contributed by atoms with Gasteiger partial charge in [0.15, 0.2) is 5.82 Å². The van der Waals surface area contributed by atoms with E-state index in [1.54, 1.807) is 28.9 Å². The van der Waals surface area contributed by atoms with Crippen LogP contribution in [0, 0.1) is 5.82 Å². The number of benzene rings is 1. The molecule has 1 saturated heterocycles. The Kier molecular flexibility index (Phi) is 6.18. The third-order valence-corrected chi connectivity index (χ3v) is 6.04. The third-order valence-electron chi connectivity index (χ3n) is 6.04. The first-order valence-corrected chi connectivity index (χ1v) is 11.3. The number of amides is 1. The van der Waals surface area contributed by atoms with Crippen molar-refractivity contribution >= 4 is 17.4 Å². The number of carbonyl (C=O) groups is 1. The summed E-state index contributed by atoms with van der Waals surface area (Å²) in [6.45, 7) is 1.31. The van der Waals surface area contributed by atoms with Crippen molar-refractivity contribution < 1.29 is 14.3 Å². The minimum atomic E-state index is -0.364. The van der Waals surface area contributed by atoms with Crippen LogP contribution in [-0.2, 0) is 17.8 Å². The summed E-state index contributed by atoms with van der Waals surface area (Å²) in [5, 5.41) is 12.6. The summed E-state index contributed by atoms with van der Waals surface area (Å²) >= 11 is 0. The summed E-state index contributed by atoms with van der Waals surface area (Å²) in [6, 6.07) is 12.3. The Hall–Kier alpha value is -3.85. The summed E-state index contributed by atoms with van der Waals surface area (Å²) < 4.78 is 15.4. The summed E-state index contributed by atoms with van der Waals surface area (Å²) in [7, 11) is 0. The Morgan fingerprint density at radius 3 is 2.76 bits per heavy atom. The number of aromatic nitrogens is 4. The lowest BCUT2D eigenvalue weighted by Crippen LogP contribution is -2.45. The van der Waals surface area contributed by atoms with Crippen molar-refractivity contribution in [1.82, 2.24) is 24.3 Å². The molecule has 1 aliphatic rings. The van der Waals surface area contributed by atoms with Crippen molar-refractivity contribution in [2.75, 3.05) is 18.4 Å². The van der Waals surface area contributed by atoms with Gasteiger partial charge in [-0.2, -0.15) is 0 Å². The van der Waals surface area contributed by atoms with Gasteiger partial charge in [-0.3, -0.25) is 9.20 Å². The predicted octanol–water partition coefficient (Wildman–Crippen LogP) is 3.07. The largest absolute Gasteiger partial charge is 0.392 e. The standard InChI is InChI=1S/C25H25FN6O2/c26-19-7-8-23-28-13-21(32(23)14-19)25-27-10-9-22(30-25)29-20-2-1-11-31(15-20)24(34)12-17-3-5-18(16-33)6-4-17/h3-10,13-14,20,33H,1-2,11-12,15-16H2,(H,27,29,30)/t20-/m1/s1. The maximum Gasteiger partial charge on any atom is 0.227 e. The summed E-state index contributed by atoms with van der Waals surface area (Å²) in [5.41, 5.74) is 2.98. The van der Waals surface area contributed by atoms with E-state index in [0.29, 0.717) is 35.9 Å². The summed E-state index contributed by atoms with van der Waals surface area (Å²) in [4.78, 5) is 28.0. The van der Waals surface area contributed by atoms with Crippen molar-refractivity contribution in [3.05, 3.63) is 78.0 Å².